The molecule has 2 heterocycles. The van der Waals surface area contributed by atoms with Crippen LogP contribution in [0.5, 0.6) is 0 Å². The van der Waals surface area contributed by atoms with Crippen LogP contribution in [0, 0.1) is 0 Å². The number of nitrogens with zero attached hydrogens (tertiary/aromatic N) is 4. The Hall–Kier alpha value is -1.73. The van der Waals surface area contributed by atoms with E-state index in [2.05, 4.69) is 48.9 Å². The van der Waals surface area contributed by atoms with E-state index in [9.17, 15) is 0 Å². The molecule has 0 saturated carbocycles. The summed E-state index contributed by atoms with van der Waals surface area (Å²) >= 11 is 5.21. The molecule has 0 saturated heterocycles. The van der Waals surface area contributed by atoms with Crippen LogP contribution < -0.4 is 5.32 Å². The van der Waals surface area contributed by atoms with E-state index in [1.807, 2.05) is 30.3 Å². The van der Waals surface area contributed by atoms with Gasteiger partial charge in [0.2, 0.25) is 5.95 Å². The van der Waals surface area contributed by atoms with Crippen LogP contribution in [0.15, 0.2) is 46.3 Å². The molecular weight excluding hydrogens is 338 g/mol. The lowest BCUT2D eigenvalue weighted by molar-refractivity contribution is 0.789. The number of rotatable bonds is 5. The highest BCUT2D eigenvalue weighted by Gasteiger charge is 2.07. The molecule has 0 aliphatic carbocycles. The van der Waals surface area contributed by atoms with Gasteiger partial charge in [0, 0.05) is 11.4 Å². The molecule has 1 N–H and O–H groups in total. The molecule has 0 unspecified atom stereocenters. The molecule has 1 aromatic carbocycles. The van der Waals surface area contributed by atoms with Crippen molar-refractivity contribution in [1.82, 2.24) is 20.2 Å². The van der Waals surface area contributed by atoms with Gasteiger partial charge < -0.3 is 5.32 Å². The van der Waals surface area contributed by atoms with Gasteiger partial charge in [-0.25, -0.2) is 0 Å². The number of halogens is 1. The fourth-order valence-corrected chi connectivity index (χ4v) is 3.31. The largest absolute Gasteiger partial charge is 0.352 e. The Morgan fingerprint density at radius 2 is 2.00 bits per heavy atom. The van der Waals surface area contributed by atoms with E-state index in [0.717, 1.165) is 22.4 Å². The zero-order chi connectivity index (χ0) is 13.8. The van der Waals surface area contributed by atoms with Gasteiger partial charge in [-0.1, -0.05) is 23.3 Å². The molecule has 0 atom stereocenters. The number of benzene rings is 1. The Morgan fingerprint density at radius 1 is 1.15 bits per heavy atom. The van der Waals surface area contributed by atoms with Gasteiger partial charge in [0.1, 0.15) is 0 Å². The maximum absolute atomic E-state index is 4.01. The smallest absolute Gasteiger partial charge is 0.247 e. The summed E-state index contributed by atoms with van der Waals surface area (Å²) in [6.45, 7) is 0.792. The third-order valence-electron chi connectivity index (χ3n) is 2.75. The van der Waals surface area contributed by atoms with Crippen molar-refractivity contribution in [3.63, 3.8) is 0 Å². The van der Waals surface area contributed by atoms with E-state index in [4.69, 9.17) is 0 Å². The normalized spacial score (nSPS) is 10.7. The number of aromatic nitrogens is 4. The molecule has 0 fully saturated rings. The lowest BCUT2D eigenvalue weighted by Gasteiger charge is -2.06. The lowest BCUT2D eigenvalue weighted by Crippen LogP contribution is -2.10. The highest BCUT2D eigenvalue weighted by atomic mass is 79.9. The molecule has 102 valence electrons. The zero-order valence-corrected chi connectivity index (χ0v) is 12.9. The van der Waals surface area contributed by atoms with Gasteiger partial charge in [0.05, 0.1) is 9.47 Å². The summed E-state index contributed by atoms with van der Waals surface area (Å²) < 4.78 is 2.85. The minimum atomic E-state index is 0.659. The second-order valence-corrected chi connectivity index (χ2v) is 6.68. The van der Waals surface area contributed by atoms with Gasteiger partial charge in [-0.05, 0) is 57.0 Å². The molecule has 3 aromatic rings. The van der Waals surface area contributed by atoms with E-state index in [1.165, 1.54) is 4.88 Å². The molecule has 20 heavy (non-hydrogen) atoms. The van der Waals surface area contributed by atoms with Crippen LogP contribution >= 0.6 is 27.3 Å². The van der Waals surface area contributed by atoms with Crippen molar-refractivity contribution in [2.45, 2.75) is 6.42 Å². The fraction of sp³-hybridized carbons (Fsp3) is 0.154. The van der Waals surface area contributed by atoms with Crippen molar-refractivity contribution in [3.05, 3.63) is 51.1 Å². The van der Waals surface area contributed by atoms with Gasteiger partial charge >= 0.3 is 0 Å². The first-order chi connectivity index (χ1) is 9.83. The van der Waals surface area contributed by atoms with Crippen LogP contribution in [0.3, 0.4) is 0 Å². The van der Waals surface area contributed by atoms with E-state index < -0.39 is 0 Å². The highest BCUT2D eigenvalue weighted by Crippen LogP contribution is 2.22. The van der Waals surface area contributed by atoms with Crippen LogP contribution in [0.2, 0.25) is 0 Å². The van der Waals surface area contributed by atoms with Gasteiger partial charge in [-0.2, -0.15) is 4.68 Å². The van der Waals surface area contributed by atoms with E-state index in [-0.39, 0.29) is 0 Å². The van der Waals surface area contributed by atoms with Crippen LogP contribution in [-0.4, -0.2) is 26.8 Å². The van der Waals surface area contributed by atoms with Gasteiger partial charge in [-0.3, -0.25) is 0 Å². The van der Waals surface area contributed by atoms with Gasteiger partial charge in [0.15, 0.2) is 0 Å². The van der Waals surface area contributed by atoms with Crippen molar-refractivity contribution in [2.24, 2.45) is 0 Å². The summed E-state index contributed by atoms with van der Waals surface area (Å²) in [7, 11) is 0. The average Bonchev–Trinajstić information content (AvgIpc) is 3.09. The van der Waals surface area contributed by atoms with Crippen molar-refractivity contribution in [1.29, 1.82) is 0 Å². The second kappa shape index (κ2) is 6.15. The van der Waals surface area contributed by atoms with Crippen molar-refractivity contribution >= 4 is 33.2 Å². The third-order valence-corrected chi connectivity index (χ3v) is 4.44. The quantitative estimate of drug-likeness (QED) is 0.768. The molecule has 0 aliphatic heterocycles. The van der Waals surface area contributed by atoms with Crippen LogP contribution in [-0.2, 0) is 6.42 Å². The average molecular weight is 350 g/mol. The highest BCUT2D eigenvalue weighted by molar-refractivity contribution is 9.11. The summed E-state index contributed by atoms with van der Waals surface area (Å²) in [5.41, 5.74) is 0.943. The third kappa shape index (κ3) is 3.05. The Balaban J connectivity index is 1.65. The minimum absolute atomic E-state index is 0.659. The second-order valence-electron chi connectivity index (χ2n) is 4.13. The Bertz CT molecular complexity index is 679. The molecule has 0 spiro atoms. The molecule has 5 nitrogen and oxygen atoms in total. The maximum Gasteiger partial charge on any atom is 0.247 e. The summed E-state index contributed by atoms with van der Waals surface area (Å²) in [5, 5.41) is 15.0. The molecule has 0 bridgehead atoms. The van der Waals surface area contributed by atoms with E-state index in [0.29, 0.717) is 5.95 Å². The van der Waals surface area contributed by atoms with Crippen molar-refractivity contribution < 1.29 is 0 Å². The van der Waals surface area contributed by atoms with E-state index >= 15 is 0 Å². The van der Waals surface area contributed by atoms with Crippen LogP contribution in [0.4, 0.5) is 5.95 Å². The summed E-state index contributed by atoms with van der Waals surface area (Å²) in [5.74, 6) is 0.659. The first-order valence-corrected chi connectivity index (χ1v) is 7.76. The molecule has 0 aliphatic rings. The summed E-state index contributed by atoms with van der Waals surface area (Å²) in [4.78, 5) is 1.32. The molecule has 2 aromatic heterocycles. The molecular formula is C13H12BrN5S. The molecule has 0 radical (unpaired) electrons. The standard InChI is InChI=1S/C13H12BrN5S/c14-12-7-6-11(20-12)8-9-15-13-16-17-18-19(13)10-4-2-1-3-5-10/h1-7H,8-9H2,(H,15,16,18). The number of thiophene rings is 1. The first-order valence-electron chi connectivity index (χ1n) is 6.15. The molecule has 0 amide bonds. The fourth-order valence-electron chi connectivity index (χ4n) is 1.82. The summed E-state index contributed by atoms with van der Waals surface area (Å²) in [6.07, 6.45) is 0.942. The summed E-state index contributed by atoms with van der Waals surface area (Å²) in [6, 6.07) is 14.0. The number of hydrogen-bond acceptors (Lipinski definition) is 5. The number of para-hydroxylation sites is 1. The molecule has 7 heteroatoms. The Morgan fingerprint density at radius 3 is 2.75 bits per heavy atom. The number of tetrazole rings is 1. The monoisotopic (exact) mass is 349 g/mol. The van der Waals surface area contributed by atoms with Gasteiger partial charge in [-0.15, -0.1) is 11.3 Å². The first kappa shape index (κ1) is 13.3. The zero-order valence-electron chi connectivity index (χ0n) is 10.5. The molecule has 3 rings (SSSR count). The topological polar surface area (TPSA) is 55.6 Å². The van der Waals surface area contributed by atoms with Crippen LogP contribution in [0.25, 0.3) is 5.69 Å². The minimum Gasteiger partial charge on any atom is -0.352 e. The van der Waals surface area contributed by atoms with Crippen LogP contribution in [0.1, 0.15) is 4.88 Å². The number of anilines is 1. The maximum atomic E-state index is 4.01. The van der Waals surface area contributed by atoms with Crippen molar-refractivity contribution in [3.8, 4) is 5.69 Å². The SMILES string of the molecule is Brc1ccc(CCNc2nnnn2-c2ccccc2)s1. The Labute approximate surface area is 128 Å². The predicted octanol–water partition coefficient (Wildman–Crippen LogP) is 3.14. The van der Waals surface area contributed by atoms with Gasteiger partial charge in [0.25, 0.3) is 0 Å². The predicted molar refractivity (Wildman–Crippen MR) is 83.4 cm³/mol. The lowest BCUT2D eigenvalue weighted by atomic mass is 10.3. The Kier molecular flexibility index (Phi) is 4.08. The van der Waals surface area contributed by atoms with Crippen molar-refractivity contribution in [2.75, 3.05) is 11.9 Å². The number of nitrogens with one attached hydrogen (secondary N) is 1. The number of hydrogen-bond donors (Lipinski definition) is 1. The van der Waals surface area contributed by atoms with E-state index in [1.54, 1.807) is 16.0 Å².